The Hall–Kier alpha value is -4.08. The molecular weight excluding hydrogens is 520 g/mol. The van der Waals surface area contributed by atoms with Crippen LogP contribution in [0, 0.1) is 0 Å². The fourth-order valence-corrected chi connectivity index (χ4v) is 5.00. The topological polar surface area (TPSA) is 117 Å². The Morgan fingerprint density at radius 2 is 1.95 bits per heavy atom. The maximum Gasteiger partial charge on any atom is 0.410 e. The maximum atomic E-state index is 12.9. The molecule has 4 aromatic rings. The smallest absolute Gasteiger partial charge is 0.410 e. The van der Waals surface area contributed by atoms with Crippen molar-refractivity contribution < 1.29 is 24.2 Å². The number of hydrogen-bond acceptors (Lipinski definition) is 6. The standard InChI is InChI=1S/C29H29ClN4O5/c1-2-38-29(37)34-14-11-23-24-15-20(30)5-8-25(24)33-26(23)27(34)18-3-6-22(7-4-18)39-17-21(35)16-32-28(36)19-9-12-31-13-10-19/h3-10,12-13,15,21,27,33,35H,2,11,14,16-17H2,1H3,(H,32,36). The molecule has 0 saturated carbocycles. The lowest BCUT2D eigenvalue weighted by Gasteiger charge is -2.35. The van der Waals surface area contributed by atoms with Crippen LogP contribution >= 0.6 is 11.6 Å². The Morgan fingerprint density at radius 1 is 1.18 bits per heavy atom. The monoisotopic (exact) mass is 548 g/mol. The lowest BCUT2D eigenvalue weighted by Crippen LogP contribution is -2.41. The van der Waals surface area contributed by atoms with Crippen LogP contribution in [0.1, 0.15) is 40.1 Å². The molecule has 39 heavy (non-hydrogen) atoms. The number of hydrogen-bond donors (Lipinski definition) is 3. The molecule has 3 N–H and O–H groups in total. The minimum atomic E-state index is -0.895. The summed E-state index contributed by atoms with van der Waals surface area (Å²) in [5.41, 5.74) is 4.38. The molecule has 9 nitrogen and oxygen atoms in total. The number of aromatic amines is 1. The van der Waals surface area contributed by atoms with Crippen molar-refractivity contribution in [1.82, 2.24) is 20.2 Å². The first-order valence-electron chi connectivity index (χ1n) is 12.8. The Morgan fingerprint density at radius 3 is 2.69 bits per heavy atom. The third-order valence-electron chi connectivity index (χ3n) is 6.67. The molecule has 2 aromatic heterocycles. The van der Waals surface area contributed by atoms with Crippen LogP contribution in [0.15, 0.2) is 67.0 Å². The number of carbonyl (C=O) groups is 2. The van der Waals surface area contributed by atoms with Gasteiger partial charge in [0.1, 0.15) is 24.5 Å². The number of nitrogens with one attached hydrogen (secondary N) is 2. The SMILES string of the molecule is CCOC(=O)N1CCc2c([nH]c3ccc(Cl)cc23)C1c1ccc(OCC(O)CNC(=O)c2ccncc2)cc1. The van der Waals surface area contributed by atoms with Crippen LogP contribution in [0.5, 0.6) is 5.75 Å². The number of halogens is 1. The number of nitrogens with zero attached hydrogens (tertiary/aromatic N) is 2. The predicted molar refractivity (Wildman–Crippen MR) is 147 cm³/mol. The highest BCUT2D eigenvalue weighted by molar-refractivity contribution is 6.31. The molecule has 1 aliphatic rings. The molecule has 1 aliphatic heterocycles. The van der Waals surface area contributed by atoms with E-state index in [1.807, 2.05) is 30.3 Å². The molecule has 0 aliphatic carbocycles. The fraction of sp³-hybridized carbons (Fsp3) is 0.276. The van der Waals surface area contributed by atoms with Gasteiger partial charge in [-0.15, -0.1) is 0 Å². The van der Waals surface area contributed by atoms with E-state index in [0.29, 0.717) is 29.3 Å². The van der Waals surface area contributed by atoms with E-state index in [0.717, 1.165) is 27.7 Å². The van der Waals surface area contributed by atoms with Gasteiger partial charge >= 0.3 is 6.09 Å². The van der Waals surface area contributed by atoms with Crippen molar-refractivity contribution in [3.63, 3.8) is 0 Å². The molecule has 2 amide bonds. The molecule has 0 fully saturated rings. The first-order chi connectivity index (χ1) is 18.9. The number of aromatic nitrogens is 2. The fourth-order valence-electron chi connectivity index (χ4n) is 4.82. The summed E-state index contributed by atoms with van der Waals surface area (Å²) in [5.74, 6) is 0.262. The average Bonchev–Trinajstić information content (AvgIpc) is 3.33. The molecule has 3 heterocycles. The summed E-state index contributed by atoms with van der Waals surface area (Å²) in [6.07, 6.45) is 2.48. The Labute approximate surface area is 230 Å². The summed E-state index contributed by atoms with van der Waals surface area (Å²) in [7, 11) is 0. The number of aliphatic hydroxyl groups excluding tert-OH is 1. The number of carbonyl (C=O) groups excluding carboxylic acids is 2. The van der Waals surface area contributed by atoms with Crippen LogP contribution in [-0.2, 0) is 11.2 Å². The van der Waals surface area contributed by atoms with E-state index in [2.05, 4.69) is 15.3 Å². The summed E-state index contributed by atoms with van der Waals surface area (Å²) >= 11 is 6.27. The Kier molecular flexibility index (Phi) is 7.99. The van der Waals surface area contributed by atoms with Gasteiger partial charge in [-0.1, -0.05) is 23.7 Å². The molecule has 0 spiro atoms. The van der Waals surface area contributed by atoms with Crippen molar-refractivity contribution in [2.24, 2.45) is 0 Å². The molecule has 2 atom stereocenters. The summed E-state index contributed by atoms with van der Waals surface area (Å²) in [6, 6.07) is 16.0. The molecule has 0 radical (unpaired) electrons. The van der Waals surface area contributed by atoms with Gasteiger partial charge in [-0.05, 0) is 66.9 Å². The van der Waals surface area contributed by atoms with Gasteiger partial charge in [-0.25, -0.2) is 4.79 Å². The maximum absolute atomic E-state index is 12.9. The number of H-pyrrole nitrogens is 1. The second kappa shape index (κ2) is 11.8. The Balaban J connectivity index is 1.29. The number of ether oxygens (including phenoxy) is 2. The minimum absolute atomic E-state index is 0.00127. The van der Waals surface area contributed by atoms with Gasteiger partial charge in [0.2, 0.25) is 0 Å². The molecule has 2 unspecified atom stereocenters. The van der Waals surface area contributed by atoms with Crippen molar-refractivity contribution in [2.75, 3.05) is 26.3 Å². The lowest BCUT2D eigenvalue weighted by atomic mass is 9.92. The van der Waals surface area contributed by atoms with Gasteiger partial charge in [0.25, 0.3) is 5.91 Å². The van der Waals surface area contributed by atoms with Crippen LogP contribution in [0.3, 0.4) is 0 Å². The van der Waals surface area contributed by atoms with E-state index in [4.69, 9.17) is 21.1 Å². The summed E-state index contributed by atoms with van der Waals surface area (Å²) in [5, 5.41) is 14.7. The van der Waals surface area contributed by atoms with Crippen molar-refractivity contribution in [2.45, 2.75) is 25.5 Å². The predicted octanol–water partition coefficient (Wildman–Crippen LogP) is 4.49. The molecule has 202 valence electrons. The summed E-state index contributed by atoms with van der Waals surface area (Å²) in [4.78, 5) is 34.2. The molecular formula is C29H29ClN4O5. The number of amides is 2. The van der Waals surface area contributed by atoms with Crippen molar-refractivity contribution in [1.29, 1.82) is 0 Å². The highest BCUT2D eigenvalue weighted by Gasteiger charge is 2.35. The van der Waals surface area contributed by atoms with Gasteiger partial charge in [-0.3, -0.25) is 14.7 Å². The first-order valence-corrected chi connectivity index (χ1v) is 13.1. The van der Waals surface area contributed by atoms with E-state index < -0.39 is 6.10 Å². The zero-order chi connectivity index (χ0) is 27.4. The second-order valence-electron chi connectivity index (χ2n) is 9.23. The average molecular weight is 549 g/mol. The molecule has 2 aromatic carbocycles. The van der Waals surface area contributed by atoms with Gasteiger partial charge in [-0.2, -0.15) is 0 Å². The van der Waals surface area contributed by atoms with Crippen LogP contribution in [-0.4, -0.2) is 64.4 Å². The van der Waals surface area contributed by atoms with E-state index in [1.165, 1.54) is 12.4 Å². The zero-order valence-electron chi connectivity index (χ0n) is 21.4. The quantitative estimate of drug-likeness (QED) is 0.299. The zero-order valence-corrected chi connectivity index (χ0v) is 22.1. The molecule has 10 heteroatoms. The molecule has 0 bridgehead atoms. The normalized spacial score (nSPS) is 15.5. The van der Waals surface area contributed by atoms with Crippen LogP contribution in [0.4, 0.5) is 4.79 Å². The highest BCUT2D eigenvalue weighted by Crippen LogP contribution is 2.39. The molecule has 0 saturated heterocycles. The summed E-state index contributed by atoms with van der Waals surface area (Å²) in [6.45, 7) is 2.63. The lowest BCUT2D eigenvalue weighted by molar-refractivity contribution is 0.0843. The largest absolute Gasteiger partial charge is 0.491 e. The third-order valence-corrected chi connectivity index (χ3v) is 6.91. The number of fused-ring (bicyclic) bond motifs is 3. The number of pyridine rings is 1. The second-order valence-corrected chi connectivity index (χ2v) is 9.67. The number of rotatable bonds is 8. The highest BCUT2D eigenvalue weighted by atomic mass is 35.5. The van der Waals surface area contributed by atoms with Gasteiger partial charge in [0.05, 0.1) is 6.61 Å². The van der Waals surface area contributed by atoms with Crippen molar-refractivity contribution >= 4 is 34.5 Å². The Bertz CT molecular complexity index is 1460. The molecule has 5 rings (SSSR count). The van der Waals surface area contributed by atoms with Crippen molar-refractivity contribution in [3.8, 4) is 5.75 Å². The van der Waals surface area contributed by atoms with Gasteiger partial charge < -0.3 is 24.9 Å². The van der Waals surface area contributed by atoms with Crippen LogP contribution < -0.4 is 10.1 Å². The number of aliphatic hydroxyl groups is 1. The first kappa shape index (κ1) is 26.5. The van der Waals surface area contributed by atoms with Gasteiger partial charge in [0, 0.05) is 52.7 Å². The van der Waals surface area contributed by atoms with Gasteiger partial charge in [0.15, 0.2) is 0 Å². The number of benzene rings is 2. The minimum Gasteiger partial charge on any atom is -0.491 e. The van der Waals surface area contributed by atoms with E-state index >= 15 is 0 Å². The van der Waals surface area contributed by atoms with E-state index in [1.54, 1.807) is 36.1 Å². The van der Waals surface area contributed by atoms with E-state index in [9.17, 15) is 14.7 Å². The van der Waals surface area contributed by atoms with Crippen molar-refractivity contribution in [3.05, 3.63) is 94.4 Å². The summed E-state index contributed by atoms with van der Waals surface area (Å²) < 4.78 is 11.1. The van der Waals surface area contributed by atoms with E-state index in [-0.39, 0.29) is 37.8 Å². The third kappa shape index (κ3) is 5.84. The van der Waals surface area contributed by atoms with Crippen LogP contribution in [0.25, 0.3) is 10.9 Å². The van der Waals surface area contributed by atoms with Crippen LogP contribution in [0.2, 0.25) is 5.02 Å².